The number of hydrogen-bond acceptors (Lipinski definition) is 3. The van der Waals surface area contributed by atoms with Gasteiger partial charge in [-0.3, -0.25) is 4.90 Å². The van der Waals surface area contributed by atoms with Crippen molar-refractivity contribution in [3.8, 4) is 0 Å². The normalized spacial score (nSPS) is 28.1. The lowest BCUT2D eigenvalue weighted by molar-refractivity contribution is -0.0727. The molecule has 0 N–H and O–H groups in total. The fourth-order valence-corrected chi connectivity index (χ4v) is 1.57. The van der Waals surface area contributed by atoms with Crippen molar-refractivity contribution in [3.63, 3.8) is 0 Å². The summed E-state index contributed by atoms with van der Waals surface area (Å²) in [4.78, 5) is 2.18. The third kappa shape index (κ3) is 1.49. The van der Waals surface area contributed by atoms with Crippen LogP contribution >= 0.6 is 0 Å². The molecule has 0 radical (unpaired) electrons. The molecule has 0 aliphatic carbocycles. The van der Waals surface area contributed by atoms with Gasteiger partial charge >= 0.3 is 0 Å². The fraction of sp³-hybridized carbons (Fsp3) is 0.600. The molecule has 3 nitrogen and oxygen atoms in total. The molecule has 1 aliphatic rings. The number of rotatable bonds is 1. The van der Waals surface area contributed by atoms with Crippen molar-refractivity contribution >= 4 is 0 Å². The molecule has 72 valence electrons. The molecule has 0 spiro atoms. The molecule has 2 rings (SSSR count). The van der Waals surface area contributed by atoms with Gasteiger partial charge in [0.15, 0.2) is 0 Å². The van der Waals surface area contributed by atoms with E-state index >= 15 is 0 Å². The topological polar surface area (TPSA) is 25.6 Å². The Labute approximate surface area is 78.3 Å². The van der Waals surface area contributed by atoms with Gasteiger partial charge in [0.2, 0.25) is 0 Å². The van der Waals surface area contributed by atoms with Gasteiger partial charge in [-0.1, -0.05) is 0 Å². The van der Waals surface area contributed by atoms with E-state index in [9.17, 15) is 0 Å². The molecule has 0 saturated carbocycles. The highest BCUT2D eigenvalue weighted by Crippen LogP contribution is 2.34. The summed E-state index contributed by atoms with van der Waals surface area (Å²) < 4.78 is 11.1. The van der Waals surface area contributed by atoms with Crippen LogP contribution in [-0.2, 0) is 4.74 Å². The number of ether oxygens (including phenoxy) is 1. The van der Waals surface area contributed by atoms with Crippen molar-refractivity contribution in [1.82, 2.24) is 4.90 Å². The van der Waals surface area contributed by atoms with Gasteiger partial charge in [0.1, 0.15) is 17.6 Å². The zero-order valence-corrected chi connectivity index (χ0v) is 8.28. The first kappa shape index (κ1) is 8.78. The molecular formula is C10H15NO2. The first-order valence-electron chi connectivity index (χ1n) is 4.52. The van der Waals surface area contributed by atoms with Crippen LogP contribution < -0.4 is 0 Å². The predicted molar refractivity (Wildman–Crippen MR) is 49.2 cm³/mol. The van der Waals surface area contributed by atoms with E-state index in [1.165, 1.54) is 0 Å². The van der Waals surface area contributed by atoms with Crippen LogP contribution in [0.2, 0.25) is 0 Å². The summed E-state index contributed by atoms with van der Waals surface area (Å²) >= 11 is 0. The molecular weight excluding hydrogens is 166 g/mol. The van der Waals surface area contributed by atoms with Crippen molar-refractivity contribution < 1.29 is 9.15 Å². The number of nitrogens with zero attached hydrogens (tertiary/aromatic N) is 1. The van der Waals surface area contributed by atoms with Gasteiger partial charge in [-0.15, -0.1) is 0 Å². The Hall–Kier alpha value is -0.800. The molecule has 1 fully saturated rings. The van der Waals surface area contributed by atoms with Gasteiger partial charge in [-0.25, -0.2) is 0 Å². The van der Waals surface area contributed by atoms with E-state index in [1.807, 2.05) is 12.1 Å². The second kappa shape index (κ2) is 2.86. The summed E-state index contributed by atoms with van der Waals surface area (Å²) in [5.74, 6) is 0.914. The van der Waals surface area contributed by atoms with Crippen LogP contribution in [0.5, 0.6) is 0 Å². The summed E-state index contributed by atoms with van der Waals surface area (Å²) in [6.45, 7) is 5.02. The summed E-state index contributed by atoms with van der Waals surface area (Å²) in [6, 6.07) is 3.85. The predicted octanol–water partition coefficient (Wildman–Crippen LogP) is 2.02. The van der Waals surface area contributed by atoms with Gasteiger partial charge in [-0.05, 0) is 33.0 Å². The van der Waals surface area contributed by atoms with Crippen molar-refractivity contribution in [2.24, 2.45) is 0 Å². The molecule has 0 amide bonds. The highest BCUT2D eigenvalue weighted by atomic mass is 16.5. The smallest absolute Gasteiger partial charge is 0.133 e. The quantitative estimate of drug-likeness (QED) is 0.662. The van der Waals surface area contributed by atoms with Crippen LogP contribution in [0.15, 0.2) is 22.8 Å². The molecule has 1 atom stereocenters. The van der Waals surface area contributed by atoms with Crippen LogP contribution in [-0.4, -0.2) is 24.2 Å². The van der Waals surface area contributed by atoms with Gasteiger partial charge in [0, 0.05) is 6.54 Å². The van der Waals surface area contributed by atoms with E-state index in [0.717, 1.165) is 12.3 Å². The molecule has 3 heteroatoms. The number of hydrogen-bond donors (Lipinski definition) is 0. The Morgan fingerprint density at radius 3 is 2.77 bits per heavy atom. The van der Waals surface area contributed by atoms with E-state index in [1.54, 1.807) is 6.26 Å². The molecule has 2 heterocycles. The Kier molecular flexibility index (Phi) is 1.93. The molecule has 1 aromatic rings. The minimum Gasteiger partial charge on any atom is -0.467 e. The van der Waals surface area contributed by atoms with E-state index in [4.69, 9.17) is 9.15 Å². The Morgan fingerprint density at radius 2 is 2.31 bits per heavy atom. The summed E-state index contributed by atoms with van der Waals surface area (Å²) in [5.41, 5.74) is -0.183. The maximum Gasteiger partial charge on any atom is 0.133 e. The Morgan fingerprint density at radius 1 is 1.54 bits per heavy atom. The van der Waals surface area contributed by atoms with Gasteiger partial charge in [0.25, 0.3) is 0 Å². The van der Waals surface area contributed by atoms with Gasteiger partial charge < -0.3 is 9.15 Å². The lowest BCUT2D eigenvalue weighted by Gasteiger charge is -2.25. The lowest BCUT2D eigenvalue weighted by Crippen LogP contribution is -2.35. The monoisotopic (exact) mass is 181 g/mol. The van der Waals surface area contributed by atoms with Crippen LogP contribution in [0.4, 0.5) is 0 Å². The molecule has 1 saturated heterocycles. The molecule has 0 aromatic carbocycles. The van der Waals surface area contributed by atoms with E-state index in [0.29, 0.717) is 0 Å². The van der Waals surface area contributed by atoms with E-state index < -0.39 is 0 Å². The molecule has 1 aromatic heterocycles. The molecule has 0 bridgehead atoms. The van der Waals surface area contributed by atoms with Crippen LogP contribution in [0, 0.1) is 0 Å². The van der Waals surface area contributed by atoms with Gasteiger partial charge in [0.05, 0.1) is 6.26 Å². The minimum atomic E-state index is -0.183. The van der Waals surface area contributed by atoms with Crippen LogP contribution in [0.3, 0.4) is 0 Å². The van der Waals surface area contributed by atoms with Crippen molar-refractivity contribution in [2.45, 2.75) is 25.7 Å². The number of furan rings is 1. The second-order valence-corrected chi connectivity index (χ2v) is 3.95. The van der Waals surface area contributed by atoms with Crippen molar-refractivity contribution in [3.05, 3.63) is 24.2 Å². The average Bonchev–Trinajstić information content (AvgIpc) is 2.60. The second-order valence-electron chi connectivity index (χ2n) is 3.95. The SMILES string of the molecule is CN1CC(c2ccco2)OC1(C)C. The highest BCUT2D eigenvalue weighted by Gasteiger charge is 2.38. The number of likely N-dealkylation sites (N-methyl/N-ethyl adjacent to an activating group) is 1. The third-order valence-electron chi connectivity index (χ3n) is 2.65. The Bertz CT molecular complexity index is 279. The van der Waals surface area contributed by atoms with Crippen LogP contribution in [0.25, 0.3) is 0 Å². The zero-order valence-electron chi connectivity index (χ0n) is 8.28. The maximum atomic E-state index is 5.84. The van der Waals surface area contributed by atoms with E-state index in [2.05, 4.69) is 25.8 Å². The first-order chi connectivity index (χ1) is 6.09. The standard InChI is InChI=1S/C10H15NO2/c1-10(2)11(3)7-9(13-10)8-5-4-6-12-8/h4-6,9H,7H2,1-3H3. The summed E-state index contributed by atoms with van der Waals surface area (Å²) in [5, 5.41) is 0. The average molecular weight is 181 g/mol. The Balaban J connectivity index is 2.15. The first-order valence-corrected chi connectivity index (χ1v) is 4.52. The maximum absolute atomic E-state index is 5.84. The summed E-state index contributed by atoms with van der Waals surface area (Å²) in [7, 11) is 2.06. The minimum absolute atomic E-state index is 0.0787. The van der Waals surface area contributed by atoms with Gasteiger partial charge in [-0.2, -0.15) is 0 Å². The highest BCUT2D eigenvalue weighted by molar-refractivity contribution is 5.05. The molecule has 1 aliphatic heterocycles. The zero-order chi connectivity index (χ0) is 9.47. The molecule has 1 unspecified atom stereocenters. The van der Waals surface area contributed by atoms with Crippen LogP contribution in [0.1, 0.15) is 25.7 Å². The van der Waals surface area contributed by atoms with Crippen molar-refractivity contribution in [2.75, 3.05) is 13.6 Å². The largest absolute Gasteiger partial charge is 0.467 e. The lowest BCUT2D eigenvalue weighted by atomic mass is 10.3. The third-order valence-corrected chi connectivity index (χ3v) is 2.65. The van der Waals surface area contributed by atoms with E-state index in [-0.39, 0.29) is 11.8 Å². The molecule has 13 heavy (non-hydrogen) atoms. The summed E-state index contributed by atoms with van der Waals surface area (Å²) in [6.07, 6.45) is 1.76. The van der Waals surface area contributed by atoms with Crippen molar-refractivity contribution in [1.29, 1.82) is 0 Å². The fourth-order valence-electron chi connectivity index (χ4n) is 1.57.